The summed E-state index contributed by atoms with van der Waals surface area (Å²) in [5.41, 5.74) is 6.16. The van der Waals surface area contributed by atoms with Crippen LogP contribution >= 0.6 is 0 Å². The molecule has 2 N–H and O–H groups in total. The first-order valence-corrected chi connectivity index (χ1v) is 7.16. The van der Waals surface area contributed by atoms with Crippen molar-refractivity contribution in [3.05, 3.63) is 0 Å². The van der Waals surface area contributed by atoms with Crippen molar-refractivity contribution < 1.29 is 8.85 Å². The molecule has 0 bridgehead atoms. The number of unbranched alkanes of at least 4 members (excludes halogenated alkanes) is 1. The van der Waals surface area contributed by atoms with Crippen LogP contribution in [0.15, 0.2) is 0 Å². The number of nitrogens with two attached hydrogens (primary N) is 1. The normalized spacial score (nSPS) is 13.5. The molecule has 14 heavy (non-hydrogen) atoms. The molecule has 0 rings (SSSR count). The Balaban J connectivity index is 3.92. The van der Waals surface area contributed by atoms with Crippen LogP contribution in [0.2, 0.25) is 5.54 Å². The average molecular weight is 219 g/mol. The molecule has 1 atom stereocenters. The van der Waals surface area contributed by atoms with Crippen LogP contribution in [0, 0.1) is 0 Å². The first kappa shape index (κ1) is 14.1. The molecule has 0 fully saturated rings. The Labute approximate surface area is 89.8 Å². The standard InChI is InChI=1S/C10H25NO2Si/c1-4-5-7-10(8-6-9-11)14(12-2)13-3/h10,14H,4-9,11H2,1-3H3. The van der Waals surface area contributed by atoms with Crippen LogP contribution in [-0.2, 0) is 8.85 Å². The van der Waals surface area contributed by atoms with E-state index >= 15 is 0 Å². The second-order valence-corrected chi connectivity index (χ2v) is 6.30. The van der Waals surface area contributed by atoms with Gasteiger partial charge in [0, 0.05) is 14.2 Å². The maximum absolute atomic E-state index is 5.52. The van der Waals surface area contributed by atoms with Gasteiger partial charge in [0.25, 0.3) is 0 Å². The SMILES string of the molecule is CCCCC(CCCN)[SiH](OC)OC. The summed E-state index contributed by atoms with van der Waals surface area (Å²) < 4.78 is 10.9. The molecule has 0 aliphatic carbocycles. The van der Waals surface area contributed by atoms with E-state index < -0.39 is 9.28 Å². The Morgan fingerprint density at radius 2 is 1.71 bits per heavy atom. The fourth-order valence-electron chi connectivity index (χ4n) is 1.74. The molecule has 86 valence electrons. The molecule has 0 aromatic rings. The van der Waals surface area contributed by atoms with Crippen molar-refractivity contribution in [1.29, 1.82) is 0 Å². The summed E-state index contributed by atoms with van der Waals surface area (Å²) >= 11 is 0. The van der Waals surface area contributed by atoms with Crippen molar-refractivity contribution >= 4 is 9.28 Å². The van der Waals surface area contributed by atoms with Crippen LogP contribution in [0.4, 0.5) is 0 Å². The third-order valence-corrected chi connectivity index (χ3v) is 4.92. The smallest absolute Gasteiger partial charge is 0.324 e. The third-order valence-electron chi connectivity index (χ3n) is 2.56. The molecule has 0 saturated heterocycles. The molecule has 0 amide bonds. The Morgan fingerprint density at radius 3 is 2.14 bits per heavy atom. The summed E-state index contributed by atoms with van der Waals surface area (Å²) in [6, 6.07) is 0. The Hall–Kier alpha value is 0.0969. The predicted molar refractivity (Wildman–Crippen MR) is 62.7 cm³/mol. The van der Waals surface area contributed by atoms with Gasteiger partial charge in [-0.1, -0.05) is 19.8 Å². The van der Waals surface area contributed by atoms with E-state index in [1.807, 2.05) is 0 Å². The van der Waals surface area contributed by atoms with Gasteiger partial charge >= 0.3 is 9.28 Å². The Bertz CT molecular complexity index is 113. The van der Waals surface area contributed by atoms with Gasteiger partial charge in [-0.05, 0) is 31.3 Å². The molecule has 0 saturated carbocycles. The zero-order chi connectivity index (χ0) is 10.8. The summed E-state index contributed by atoms with van der Waals surface area (Å²) in [6.45, 7) is 2.99. The van der Waals surface area contributed by atoms with Gasteiger partial charge < -0.3 is 14.6 Å². The Kier molecular flexibility index (Phi) is 9.71. The fourth-order valence-corrected chi connectivity index (χ4v) is 3.72. The molecule has 0 aromatic carbocycles. The summed E-state index contributed by atoms with van der Waals surface area (Å²) in [6.07, 6.45) is 5.99. The van der Waals surface area contributed by atoms with Crippen molar-refractivity contribution in [2.45, 2.75) is 44.6 Å². The number of hydrogen-bond donors (Lipinski definition) is 1. The monoisotopic (exact) mass is 219 g/mol. The molecule has 0 aliphatic rings. The lowest BCUT2D eigenvalue weighted by atomic mass is 10.1. The van der Waals surface area contributed by atoms with E-state index in [2.05, 4.69) is 6.92 Å². The van der Waals surface area contributed by atoms with E-state index in [1.165, 1.54) is 19.3 Å². The van der Waals surface area contributed by atoms with Gasteiger partial charge in [0.2, 0.25) is 0 Å². The topological polar surface area (TPSA) is 44.5 Å². The first-order valence-electron chi connectivity index (χ1n) is 5.55. The molecular formula is C10H25NO2Si. The summed E-state index contributed by atoms with van der Waals surface area (Å²) in [5.74, 6) is 0. The van der Waals surface area contributed by atoms with Gasteiger partial charge in [0.1, 0.15) is 0 Å². The van der Waals surface area contributed by atoms with Gasteiger partial charge in [-0.25, -0.2) is 0 Å². The van der Waals surface area contributed by atoms with E-state index in [-0.39, 0.29) is 0 Å². The minimum absolute atomic E-state index is 0.633. The average Bonchev–Trinajstić information content (AvgIpc) is 2.22. The summed E-state index contributed by atoms with van der Waals surface area (Å²) in [5, 5.41) is 0. The predicted octanol–water partition coefficient (Wildman–Crippen LogP) is 1.80. The molecule has 0 spiro atoms. The molecular weight excluding hydrogens is 194 g/mol. The van der Waals surface area contributed by atoms with Gasteiger partial charge in [0.05, 0.1) is 0 Å². The molecule has 0 aromatic heterocycles. The highest BCUT2D eigenvalue weighted by atomic mass is 28.3. The molecule has 0 aliphatic heterocycles. The van der Waals surface area contributed by atoms with Crippen molar-refractivity contribution in [3.8, 4) is 0 Å². The molecule has 1 unspecified atom stereocenters. The van der Waals surface area contributed by atoms with E-state index in [0.29, 0.717) is 5.54 Å². The zero-order valence-corrected chi connectivity index (χ0v) is 10.9. The van der Waals surface area contributed by atoms with Gasteiger partial charge in [-0.2, -0.15) is 0 Å². The maximum Gasteiger partial charge on any atom is 0.324 e. The minimum atomic E-state index is -1.43. The highest BCUT2D eigenvalue weighted by molar-refractivity contribution is 6.46. The van der Waals surface area contributed by atoms with Crippen LogP contribution in [0.5, 0.6) is 0 Å². The quantitative estimate of drug-likeness (QED) is 0.601. The van der Waals surface area contributed by atoms with Crippen molar-refractivity contribution in [2.24, 2.45) is 5.73 Å². The van der Waals surface area contributed by atoms with E-state index in [4.69, 9.17) is 14.6 Å². The lowest BCUT2D eigenvalue weighted by molar-refractivity contribution is 0.258. The molecule has 4 heteroatoms. The lowest BCUT2D eigenvalue weighted by Crippen LogP contribution is -2.27. The number of hydrogen-bond acceptors (Lipinski definition) is 3. The first-order chi connectivity index (χ1) is 6.79. The van der Waals surface area contributed by atoms with E-state index in [0.717, 1.165) is 19.4 Å². The fraction of sp³-hybridized carbons (Fsp3) is 1.00. The third kappa shape index (κ3) is 5.75. The van der Waals surface area contributed by atoms with Crippen LogP contribution in [0.1, 0.15) is 39.0 Å². The van der Waals surface area contributed by atoms with Crippen molar-refractivity contribution in [1.82, 2.24) is 0 Å². The maximum atomic E-state index is 5.52. The zero-order valence-electron chi connectivity index (χ0n) is 9.79. The lowest BCUT2D eigenvalue weighted by Gasteiger charge is -2.22. The number of rotatable bonds is 9. The van der Waals surface area contributed by atoms with Gasteiger partial charge in [0.15, 0.2) is 0 Å². The van der Waals surface area contributed by atoms with Gasteiger partial charge in [-0.3, -0.25) is 0 Å². The van der Waals surface area contributed by atoms with Crippen LogP contribution in [0.25, 0.3) is 0 Å². The second-order valence-electron chi connectivity index (χ2n) is 3.67. The van der Waals surface area contributed by atoms with Crippen LogP contribution < -0.4 is 5.73 Å². The van der Waals surface area contributed by atoms with Crippen LogP contribution in [-0.4, -0.2) is 30.0 Å². The molecule has 0 heterocycles. The highest BCUT2D eigenvalue weighted by Crippen LogP contribution is 2.24. The van der Waals surface area contributed by atoms with E-state index in [9.17, 15) is 0 Å². The minimum Gasteiger partial charge on any atom is -0.400 e. The summed E-state index contributed by atoms with van der Waals surface area (Å²) in [4.78, 5) is 0. The second kappa shape index (κ2) is 9.64. The summed E-state index contributed by atoms with van der Waals surface area (Å²) in [7, 11) is 2.11. The van der Waals surface area contributed by atoms with Gasteiger partial charge in [-0.15, -0.1) is 0 Å². The molecule has 0 radical (unpaired) electrons. The molecule has 3 nitrogen and oxygen atoms in total. The largest absolute Gasteiger partial charge is 0.400 e. The van der Waals surface area contributed by atoms with E-state index in [1.54, 1.807) is 14.2 Å². The van der Waals surface area contributed by atoms with Crippen LogP contribution in [0.3, 0.4) is 0 Å². The Morgan fingerprint density at radius 1 is 1.14 bits per heavy atom. The van der Waals surface area contributed by atoms with Crippen molar-refractivity contribution in [3.63, 3.8) is 0 Å². The van der Waals surface area contributed by atoms with Crippen molar-refractivity contribution in [2.75, 3.05) is 20.8 Å². The highest BCUT2D eigenvalue weighted by Gasteiger charge is 2.22.